The number of carbonyl (C=O) groups excluding carboxylic acids is 2. The second kappa shape index (κ2) is 6.19. The predicted molar refractivity (Wildman–Crippen MR) is 85.2 cm³/mol. The van der Waals surface area contributed by atoms with Gasteiger partial charge in [0, 0.05) is 32.6 Å². The van der Waals surface area contributed by atoms with Gasteiger partial charge in [-0.15, -0.1) is 0 Å². The molecule has 0 bridgehead atoms. The summed E-state index contributed by atoms with van der Waals surface area (Å²) >= 11 is 1.60. The molecule has 0 radical (unpaired) electrons. The smallest absolute Gasteiger partial charge is 0.232 e. The lowest BCUT2D eigenvalue weighted by Crippen LogP contribution is -2.52. The van der Waals surface area contributed by atoms with E-state index in [0.717, 1.165) is 51.4 Å². The van der Waals surface area contributed by atoms with Crippen molar-refractivity contribution in [3.63, 3.8) is 0 Å². The van der Waals surface area contributed by atoms with Gasteiger partial charge in [0.25, 0.3) is 0 Å². The SMILES string of the molecule is CSCC(=O)N1CCC2(CCC(=O)N(CC3CC3)C2)CC1. The van der Waals surface area contributed by atoms with Gasteiger partial charge in [0.15, 0.2) is 0 Å². The van der Waals surface area contributed by atoms with Crippen molar-refractivity contribution in [2.75, 3.05) is 38.2 Å². The van der Waals surface area contributed by atoms with Gasteiger partial charge in [-0.05, 0) is 49.7 Å². The molecule has 1 spiro atoms. The van der Waals surface area contributed by atoms with Gasteiger partial charge < -0.3 is 9.80 Å². The molecule has 4 nitrogen and oxygen atoms in total. The molecule has 0 atom stereocenters. The highest BCUT2D eigenvalue weighted by Gasteiger charge is 2.42. The van der Waals surface area contributed by atoms with Crippen LogP contribution in [-0.2, 0) is 9.59 Å². The van der Waals surface area contributed by atoms with Crippen LogP contribution in [0.25, 0.3) is 0 Å². The van der Waals surface area contributed by atoms with Crippen LogP contribution >= 0.6 is 11.8 Å². The highest BCUT2D eigenvalue weighted by Crippen LogP contribution is 2.41. The molecule has 0 N–H and O–H groups in total. The van der Waals surface area contributed by atoms with E-state index in [1.165, 1.54) is 12.8 Å². The molecule has 2 aliphatic heterocycles. The average molecular weight is 310 g/mol. The van der Waals surface area contributed by atoms with Gasteiger partial charge in [0.2, 0.25) is 11.8 Å². The molecule has 3 rings (SSSR count). The molecule has 1 saturated carbocycles. The van der Waals surface area contributed by atoms with Crippen molar-refractivity contribution in [2.45, 2.75) is 38.5 Å². The van der Waals surface area contributed by atoms with Crippen molar-refractivity contribution in [3.05, 3.63) is 0 Å². The fourth-order valence-electron chi connectivity index (χ4n) is 3.73. The quantitative estimate of drug-likeness (QED) is 0.797. The van der Waals surface area contributed by atoms with Gasteiger partial charge in [0.05, 0.1) is 5.75 Å². The van der Waals surface area contributed by atoms with Crippen molar-refractivity contribution in [3.8, 4) is 0 Å². The fraction of sp³-hybridized carbons (Fsp3) is 0.875. The van der Waals surface area contributed by atoms with Crippen molar-refractivity contribution in [2.24, 2.45) is 11.3 Å². The third kappa shape index (κ3) is 3.55. The van der Waals surface area contributed by atoms with Crippen molar-refractivity contribution in [1.29, 1.82) is 0 Å². The summed E-state index contributed by atoms with van der Waals surface area (Å²) in [6.45, 7) is 3.68. The molecular weight excluding hydrogens is 284 g/mol. The molecule has 0 unspecified atom stereocenters. The van der Waals surface area contributed by atoms with Gasteiger partial charge >= 0.3 is 0 Å². The zero-order valence-corrected chi connectivity index (χ0v) is 13.8. The molecule has 3 fully saturated rings. The molecule has 0 aromatic heterocycles. The Morgan fingerprint density at radius 3 is 2.62 bits per heavy atom. The van der Waals surface area contributed by atoms with E-state index in [0.29, 0.717) is 23.5 Å². The third-order valence-electron chi connectivity index (χ3n) is 5.37. The first-order valence-electron chi connectivity index (χ1n) is 8.16. The number of thioether (sulfide) groups is 1. The summed E-state index contributed by atoms with van der Waals surface area (Å²) < 4.78 is 0. The molecular formula is C16H26N2O2S. The second-order valence-corrected chi connectivity index (χ2v) is 7.90. The Labute approximate surface area is 131 Å². The second-order valence-electron chi connectivity index (χ2n) is 7.03. The van der Waals surface area contributed by atoms with Gasteiger partial charge in [0.1, 0.15) is 0 Å². The van der Waals surface area contributed by atoms with Crippen LogP contribution in [-0.4, -0.2) is 59.8 Å². The molecule has 2 saturated heterocycles. The fourth-order valence-corrected chi connectivity index (χ4v) is 4.16. The predicted octanol–water partition coefficient (Wildman–Crippen LogP) is 1.99. The zero-order chi connectivity index (χ0) is 14.9. The summed E-state index contributed by atoms with van der Waals surface area (Å²) in [5, 5.41) is 0. The van der Waals surface area contributed by atoms with Crippen molar-refractivity contribution in [1.82, 2.24) is 9.80 Å². The number of carbonyl (C=O) groups is 2. The van der Waals surface area contributed by atoms with Gasteiger partial charge in [-0.25, -0.2) is 0 Å². The van der Waals surface area contributed by atoms with Gasteiger partial charge in [-0.1, -0.05) is 0 Å². The normalized spacial score (nSPS) is 25.5. The third-order valence-corrected chi connectivity index (χ3v) is 5.90. The Hall–Kier alpha value is -0.710. The van der Waals surface area contributed by atoms with Crippen molar-refractivity contribution >= 4 is 23.6 Å². The number of hydrogen-bond donors (Lipinski definition) is 0. The maximum absolute atomic E-state index is 12.1. The minimum absolute atomic E-state index is 0.277. The van der Waals surface area contributed by atoms with E-state index in [1.807, 2.05) is 11.2 Å². The molecule has 0 aromatic carbocycles. The number of rotatable bonds is 4. The molecule has 1 aliphatic carbocycles. The van der Waals surface area contributed by atoms with Crippen LogP contribution in [0, 0.1) is 11.3 Å². The summed E-state index contributed by atoms with van der Waals surface area (Å²) in [7, 11) is 0. The Balaban J connectivity index is 1.56. The Kier molecular flexibility index (Phi) is 4.48. The van der Waals surface area contributed by atoms with E-state index in [9.17, 15) is 9.59 Å². The first-order valence-corrected chi connectivity index (χ1v) is 9.56. The highest BCUT2D eigenvalue weighted by molar-refractivity contribution is 7.99. The number of nitrogens with zero attached hydrogens (tertiary/aromatic N) is 2. The number of hydrogen-bond acceptors (Lipinski definition) is 3. The van der Waals surface area contributed by atoms with Crippen LogP contribution in [0.15, 0.2) is 0 Å². The average Bonchev–Trinajstić information content (AvgIpc) is 3.28. The van der Waals surface area contributed by atoms with E-state index >= 15 is 0 Å². The lowest BCUT2D eigenvalue weighted by Gasteiger charge is -2.47. The lowest BCUT2D eigenvalue weighted by atomic mass is 9.72. The standard InChI is InChI=1S/C16H26N2O2S/c1-21-11-15(20)17-8-6-16(7-9-17)5-4-14(19)18(12-16)10-13-2-3-13/h13H,2-12H2,1H3. The van der Waals surface area contributed by atoms with E-state index in [1.54, 1.807) is 11.8 Å². The summed E-state index contributed by atoms with van der Waals surface area (Å²) in [5.41, 5.74) is 0.291. The summed E-state index contributed by atoms with van der Waals surface area (Å²) in [4.78, 5) is 28.2. The van der Waals surface area contributed by atoms with E-state index < -0.39 is 0 Å². The molecule has 0 aromatic rings. The van der Waals surface area contributed by atoms with Crippen LogP contribution in [0.5, 0.6) is 0 Å². The highest BCUT2D eigenvalue weighted by atomic mass is 32.2. The number of likely N-dealkylation sites (tertiary alicyclic amines) is 2. The summed E-state index contributed by atoms with van der Waals surface area (Å²) in [6, 6.07) is 0. The summed E-state index contributed by atoms with van der Waals surface area (Å²) in [6.07, 6.45) is 8.46. The number of piperidine rings is 2. The Morgan fingerprint density at radius 1 is 1.29 bits per heavy atom. The lowest BCUT2D eigenvalue weighted by molar-refractivity contribution is -0.142. The topological polar surface area (TPSA) is 40.6 Å². The maximum Gasteiger partial charge on any atom is 0.232 e. The van der Waals surface area contributed by atoms with Gasteiger partial charge in [-0.2, -0.15) is 11.8 Å². The van der Waals surface area contributed by atoms with Crippen LogP contribution in [0.3, 0.4) is 0 Å². The molecule has 3 aliphatic rings. The molecule has 2 amide bonds. The van der Waals surface area contributed by atoms with E-state index in [-0.39, 0.29) is 5.91 Å². The monoisotopic (exact) mass is 310 g/mol. The number of amides is 2. The van der Waals surface area contributed by atoms with E-state index in [2.05, 4.69) is 4.90 Å². The maximum atomic E-state index is 12.1. The van der Waals surface area contributed by atoms with Crippen LogP contribution < -0.4 is 0 Å². The molecule has 5 heteroatoms. The van der Waals surface area contributed by atoms with E-state index in [4.69, 9.17) is 0 Å². The van der Waals surface area contributed by atoms with Gasteiger partial charge in [-0.3, -0.25) is 9.59 Å². The van der Waals surface area contributed by atoms with Crippen LogP contribution in [0.2, 0.25) is 0 Å². The van der Waals surface area contributed by atoms with Crippen LogP contribution in [0.1, 0.15) is 38.5 Å². The zero-order valence-electron chi connectivity index (χ0n) is 13.0. The molecule has 118 valence electrons. The minimum Gasteiger partial charge on any atom is -0.342 e. The first kappa shape index (κ1) is 15.2. The Bertz CT molecular complexity index is 415. The van der Waals surface area contributed by atoms with Crippen molar-refractivity contribution < 1.29 is 9.59 Å². The Morgan fingerprint density at radius 2 is 2.00 bits per heavy atom. The summed E-state index contributed by atoms with van der Waals surface area (Å²) in [5.74, 6) is 2.00. The largest absolute Gasteiger partial charge is 0.342 e. The minimum atomic E-state index is 0.277. The first-order chi connectivity index (χ1) is 10.1. The molecule has 2 heterocycles. The molecule has 21 heavy (non-hydrogen) atoms. The van der Waals surface area contributed by atoms with Crippen LogP contribution in [0.4, 0.5) is 0 Å².